The highest BCUT2D eigenvalue weighted by molar-refractivity contribution is 5.76. The van der Waals surface area contributed by atoms with Crippen LogP contribution in [0.4, 0.5) is 8.78 Å². The third-order valence-electron chi connectivity index (χ3n) is 4.79. The van der Waals surface area contributed by atoms with Crippen molar-refractivity contribution in [2.75, 3.05) is 32.9 Å². The van der Waals surface area contributed by atoms with Crippen LogP contribution in [0.25, 0.3) is 11.5 Å². The monoisotopic (exact) mass is 439 g/mol. The van der Waals surface area contributed by atoms with Crippen molar-refractivity contribution in [3.63, 3.8) is 0 Å². The average Bonchev–Trinajstić information content (AvgIpc) is 3.25. The molecule has 8 nitrogen and oxygen atoms in total. The first-order valence-corrected chi connectivity index (χ1v) is 10.2. The highest BCUT2D eigenvalue weighted by Crippen LogP contribution is 2.34. The Morgan fingerprint density at radius 3 is 2.71 bits per heavy atom. The van der Waals surface area contributed by atoms with Crippen LogP contribution >= 0.6 is 0 Å². The van der Waals surface area contributed by atoms with Gasteiger partial charge in [0, 0.05) is 25.1 Å². The number of carbonyl (C=O) groups is 1. The van der Waals surface area contributed by atoms with Gasteiger partial charge in [0.05, 0.1) is 32.1 Å². The molecule has 2 heterocycles. The molecule has 0 aliphatic carbocycles. The summed E-state index contributed by atoms with van der Waals surface area (Å²) < 4.78 is 46.6. The fraction of sp³-hybridized carbons (Fsp3) is 0.524. The summed E-state index contributed by atoms with van der Waals surface area (Å²) in [7, 11) is 0. The predicted molar refractivity (Wildman–Crippen MR) is 108 cm³/mol. The summed E-state index contributed by atoms with van der Waals surface area (Å²) in [5.41, 5.74) is 6.33. The van der Waals surface area contributed by atoms with Crippen molar-refractivity contribution in [2.24, 2.45) is 5.73 Å². The lowest BCUT2D eigenvalue weighted by Gasteiger charge is -2.26. The van der Waals surface area contributed by atoms with Gasteiger partial charge in [0.2, 0.25) is 11.8 Å². The number of halogens is 2. The second kappa shape index (κ2) is 11.1. The summed E-state index contributed by atoms with van der Waals surface area (Å²) >= 11 is 0. The van der Waals surface area contributed by atoms with Crippen molar-refractivity contribution >= 4 is 5.91 Å². The molecule has 1 aliphatic rings. The molecule has 1 aromatic heterocycles. The lowest BCUT2D eigenvalue weighted by Crippen LogP contribution is -2.40. The first-order chi connectivity index (χ1) is 14.9. The van der Waals surface area contributed by atoms with E-state index >= 15 is 0 Å². The summed E-state index contributed by atoms with van der Waals surface area (Å²) in [6, 6.07) is 4.16. The zero-order chi connectivity index (χ0) is 22.2. The number of alkyl halides is 2. The minimum absolute atomic E-state index is 0.0814. The Balaban J connectivity index is 1.57. The van der Waals surface area contributed by atoms with Crippen molar-refractivity contribution in [2.45, 2.75) is 38.8 Å². The summed E-state index contributed by atoms with van der Waals surface area (Å²) in [5, 5.41) is 0. The number of oxazole rings is 1. The molecule has 0 unspecified atom stereocenters. The Morgan fingerprint density at radius 2 is 2.03 bits per heavy atom. The summed E-state index contributed by atoms with van der Waals surface area (Å²) in [6.07, 6.45) is 3.14. The molecule has 0 bridgehead atoms. The van der Waals surface area contributed by atoms with E-state index in [0.717, 1.165) is 0 Å². The molecular weight excluding hydrogens is 412 g/mol. The molecule has 2 N–H and O–H groups in total. The van der Waals surface area contributed by atoms with Gasteiger partial charge in [-0.2, -0.15) is 8.78 Å². The fourth-order valence-electron chi connectivity index (χ4n) is 3.11. The molecular formula is C21H27F2N3O5. The molecule has 3 rings (SSSR count). The maximum atomic E-state index is 12.8. The Morgan fingerprint density at radius 1 is 1.26 bits per heavy atom. The van der Waals surface area contributed by atoms with Crippen molar-refractivity contribution < 1.29 is 32.2 Å². The van der Waals surface area contributed by atoms with Crippen LogP contribution < -0.4 is 15.2 Å². The van der Waals surface area contributed by atoms with E-state index in [2.05, 4.69) is 9.72 Å². The molecule has 10 heteroatoms. The molecule has 0 saturated carbocycles. The molecule has 1 aromatic carbocycles. The van der Waals surface area contributed by atoms with Gasteiger partial charge < -0.3 is 29.3 Å². The second-order valence-corrected chi connectivity index (χ2v) is 7.20. The van der Waals surface area contributed by atoms with Gasteiger partial charge in [-0.15, -0.1) is 0 Å². The number of carbonyl (C=O) groups excluding carboxylic acids is 1. The van der Waals surface area contributed by atoms with Crippen LogP contribution in [0.15, 0.2) is 28.8 Å². The predicted octanol–water partition coefficient (Wildman–Crippen LogP) is 3.37. The number of morpholine rings is 1. The molecule has 1 aliphatic heterocycles. The summed E-state index contributed by atoms with van der Waals surface area (Å²) in [6.45, 7) is 1.39. The average molecular weight is 439 g/mol. The van der Waals surface area contributed by atoms with Crippen molar-refractivity contribution in [1.29, 1.82) is 0 Å². The lowest BCUT2D eigenvalue weighted by atomic mass is 10.2. The number of hydrogen-bond acceptors (Lipinski definition) is 7. The van der Waals surface area contributed by atoms with Crippen molar-refractivity contribution in [3.8, 4) is 23.0 Å². The highest BCUT2D eigenvalue weighted by atomic mass is 19.3. The van der Waals surface area contributed by atoms with Crippen molar-refractivity contribution in [3.05, 3.63) is 30.2 Å². The molecule has 1 saturated heterocycles. The van der Waals surface area contributed by atoms with Crippen LogP contribution in [0, 0.1) is 0 Å². The van der Waals surface area contributed by atoms with Crippen molar-refractivity contribution in [1.82, 2.24) is 9.88 Å². The second-order valence-electron chi connectivity index (χ2n) is 7.20. The van der Waals surface area contributed by atoms with Crippen LogP contribution in [-0.4, -0.2) is 55.3 Å². The largest absolute Gasteiger partial charge is 0.490 e. The molecule has 1 amide bonds. The fourth-order valence-corrected chi connectivity index (χ4v) is 3.11. The van der Waals surface area contributed by atoms with E-state index < -0.39 is 6.61 Å². The summed E-state index contributed by atoms with van der Waals surface area (Å²) in [4.78, 5) is 18.1. The van der Waals surface area contributed by atoms with Gasteiger partial charge in [-0.05, 0) is 38.0 Å². The molecule has 0 radical (unpaired) electrons. The minimum Gasteiger partial charge on any atom is -0.490 e. The number of aromatic nitrogens is 1. The van der Waals surface area contributed by atoms with Crippen LogP contribution in [0.1, 0.15) is 38.0 Å². The van der Waals surface area contributed by atoms with Crippen LogP contribution in [0.2, 0.25) is 0 Å². The first kappa shape index (κ1) is 23.0. The molecule has 2 aromatic rings. The number of ether oxygens (including phenoxy) is 3. The minimum atomic E-state index is -2.98. The SMILES string of the molecule is C[C@H](N)c1cnc(-c2ccc(OC(F)F)c(OCCCCC(=O)N3CCOCC3)c2)o1. The number of nitrogens with zero attached hydrogens (tertiary/aromatic N) is 2. The maximum Gasteiger partial charge on any atom is 0.387 e. The Labute approximate surface area is 179 Å². The molecule has 1 atom stereocenters. The van der Waals surface area contributed by atoms with E-state index in [9.17, 15) is 13.6 Å². The smallest absolute Gasteiger partial charge is 0.387 e. The van der Waals surface area contributed by atoms with E-state index in [1.54, 1.807) is 17.9 Å². The summed E-state index contributed by atoms with van der Waals surface area (Å²) in [5.74, 6) is 0.966. The Kier molecular flexibility index (Phi) is 8.19. The van der Waals surface area contributed by atoms with E-state index in [1.807, 2.05) is 0 Å². The zero-order valence-electron chi connectivity index (χ0n) is 17.4. The molecule has 31 heavy (non-hydrogen) atoms. The third-order valence-corrected chi connectivity index (χ3v) is 4.79. The number of unbranched alkanes of at least 4 members (excludes halogenated alkanes) is 1. The third kappa shape index (κ3) is 6.63. The topological polar surface area (TPSA) is 100 Å². The maximum absolute atomic E-state index is 12.8. The quantitative estimate of drug-likeness (QED) is 0.567. The van der Waals surface area contributed by atoms with Gasteiger partial charge in [0.25, 0.3) is 0 Å². The lowest BCUT2D eigenvalue weighted by molar-refractivity contribution is -0.135. The van der Waals surface area contributed by atoms with Gasteiger partial charge >= 0.3 is 6.61 Å². The van der Waals surface area contributed by atoms with E-state index in [4.69, 9.17) is 19.6 Å². The molecule has 1 fully saturated rings. The van der Waals surface area contributed by atoms with Gasteiger partial charge in [-0.1, -0.05) is 0 Å². The highest BCUT2D eigenvalue weighted by Gasteiger charge is 2.17. The van der Waals surface area contributed by atoms with Gasteiger partial charge in [0.1, 0.15) is 5.76 Å². The zero-order valence-corrected chi connectivity index (χ0v) is 17.4. The van der Waals surface area contributed by atoms with Crippen LogP contribution in [0.5, 0.6) is 11.5 Å². The number of nitrogens with two attached hydrogens (primary N) is 1. The van der Waals surface area contributed by atoms with E-state index in [0.29, 0.717) is 62.8 Å². The number of amides is 1. The number of benzene rings is 1. The number of rotatable bonds is 10. The Bertz CT molecular complexity index is 853. The van der Waals surface area contributed by atoms with Crippen LogP contribution in [-0.2, 0) is 9.53 Å². The van der Waals surface area contributed by atoms with Gasteiger partial charge in [-0.25, -0.2) is 4.98 Å². The molecule has 0 spiro atoms. The van der Waals surface area contributed by atoms with E-state index in [1.165, 1.54) is 18.3 Å². The molecule has 170 valence electrons. The Hall–Kier alpha value is -2.72. The van der Waals surface area contributed by atoms with E-state index in [-0.39, 0.29) is 30.1 Å². The standard InChI is InChI=1S/C21H27F2N3O5/c1-14(24)18-13-25-20(30-18)15-5-6-16(31-21(22)23)17(12-15)29-9-3-2-4-19(27)26-7-10-28-11-8-26/h5-6,12-14,21H,2-4,7-11,24H2,1H3/t14-/m0/s1. The number of hydrogen-bond donors (Lipinski definition) is 1. The normalized spacial score (nSPS) is 15.2. The first-order valence-electron chi connectivity index (χ1n) is 10.2. The van der Waals surface area contributed by atoms with Gasteiger partial charge in [0.15, 0.2) is 11.5 Å². The van der Waals surface area contributed by atoms with Gasteiger partial charge in [-0.3, -0.25) is 4.79 Å². The van der Waals surface area contributed by atoms with Crippen LogP contribution in [0.3, 0.4) is 0 Å².